The molecule has 0 bridgehead atoms. The molecule has 1 aromatic carbocycles. The summed E-state index contributed by atoms with van der Waals surface area (Å²) < 4.78 is 26.8. The van der Waals surface area contributed by atoms with Crippen LogP contribution in [0.3, 0.4) is 0 Å². The highest BCUT2D eigenvalue weighted by molar-refractivity contribution is 5.69. The first-order valence-electron chi connectivity index (χ1n) is 14.6. The van der Waals surface area contributed by atoms with Gasteiger partial charge in [0, 0.05) is 19.0 Å². The molecule has 0 fully saturated rings. The number of unbranched alkanes of at least 4 members (excludes halogenated alkanes) is 8. The van der Waals surface area contributed by atoms with Crippen molar-refractivity contribution in [2.45, 2.75) is 71.1 Å². The van der Waals surface area contributed by atoms with E-state index in [9.17, 15) is 25.0 Å². The van der Waals surface area contributed by atoms with Crippen LogP contribution in [0.25, 0.3) is 0 Å². The first kappa shape index (κ1) is 36.2. The summed E-state index contributed by atoms with van der Waals surface area (Å²) in [7, 11) is 0. The van der Waals surface area contributed by atoms with E-state index in [4.69, 9.17) is 23.7 Å². The molecule has 0 aliphatic carbocycles. The third-order valence-electron chi connectivity index (χ3n) is 6.04. The van der Waals surface area contributed by atoms with E-state index in [1.54, 1.807) is 0 Å². The second-order valence-electron chi connectivity index (χ2n) is 9.39. The molecule has 0 saturated heterocycles. The highest BCUT2D eigenvalue weighted by Gasteiger charge is 2.19. The van der Waals surface area contributed by atoms with Crippen LogP contribution in [0.1, 0.15) is 71.1 Å². The molecule has 0 heterocycles. The van der Waals surface area contributed by atoms with Crippen molar-refractivity contribution in [3.8, 4) is 0 Å². The highest BCUT2D eigenvalue weighted by Crippen LogP contribution is 2.28. The van der Waals surface area contributed by atoms with Gasteiger partial charge in [0.15, 0.2) is 0 Å². The Bertz CT molecular complexity index is 856. The van der Waals surface area contributed by atoms with E-state index in [0.29, 0.717) is 59.2 Å². The number of nitrogens with one attached hydrogen (secondary N) is 1. The van der Waals surface area contributed by atoms with Gasteiger partial charge in [0.05, 0.1) is 68.8 Å². The predicted molar refractivity (Wildman–Crippen MR) is 154 cm³/mol. The fourth-order valence-corrected chi connectivity index (χ4v) is 3.82. The Kier molecular flexibility index (Phi) is 21.9. The lowest BCUT2D eigenvalue weighted by atomic mass is 10.1. The van der Waals surface area contributed by atoms with E-state index in [1.807, 2.05) is 0 Å². The fourth-order valence-electron chi connectivity index (χ4n) is 3.82. The maximum absolute atomic E-state index is 11.7. The average molecular weight is 586 g/mol. The molecule has 0 unspecified atom stereocenters. The number of nitrogens with zero attached hydrogens (tertiary/aromatic N) is 2. The number of nitro groups is 2. The Morgan fingerprint density at radius 3 is 1.76 bits per heavy atom. The van der Waals surface area contributed by atoms with Crippen molar-refractivity contribution in [2.75, 3.05) is 71.3 Å². The minimum absolute atomic E-state index is 0.168. The van der Waals surface area contributed by atoms with Crippen LogP contribution < -0.4 is 5.32 Å². The molecule has 234 valence electrons. The SMILES string of the molecule is CCCCCCCCCCCC(=O)OCCOCCOCCOCCOCCNc1ccc([N+](=O)[O-])cc1[N+](=O)[O-]. The van der Waals surface area contributed by atoms with Crippen molar-refractivity contribution in [3.05, 3.63) is 38.4 Å². The number of anilines is 1. The number of nitro benzene ring substituents is 2. The van der Waals surface area contributed by atoms with Gasteiger partial charge >= 0.3 is 5.97 Å². The van der Waals surface area contributed by atoms with E-state index in [-0.39, 0.29) is 36.2 Å². The lowest BCUT2D eigenvalue weighted by Crippen LogP contribution is -2.15. The molecule has 0 aliphatic heterocycles. The normalized spacial score (nSPS) is 11.0. The van der Waals surface area contributed by atoms with E-state index in [2.05, 4.69) is 12.2 Å². The molecule has 0 aliphatic rings. The molecule has 1 rings (SSSR count). The molecule has 0 aromatic heterocycles. The van der Waals surface area contributed by atoms with E-state index >= 15 is 0 Å². The summed E-state index contributed by atoms with van der Waals surface area (Å²) in [5.74, 6) is -0.168. The number of carbonyl (C=O) groups is 1. The first-order chi connectivity index (χ1) is 20.0. The lowest BCUT2D eigenvalue weighted by Gasteiger charge is -2.09. The van der Waals surface area contributed by atoms with Crippen molar-refractivity contribution in [1.29, 1.82) is 0 Å². The third kappa shape index (κ3) is 19.8. The Balaban J connectivity index is 1.85. The van der Waals surface area contributed by atoms with Crippen molar-refractivity contribution >= 4 is 23.0 Å². The van der Waals surface area contributed by atoms with Crippen LogP contribution >= 0.6 is 0 Å². The molecule has 0 atom stereocenters. The second-order valence-corrected chi connectivity index (χ2v) is 9.39. The maximum Gasteiger partial charge on any atom is 0.305 e. The van der Waals surface area contributed by atoms with Gasteiger partial charge in [-0.25, -0.2) is 0 Å². The molecular formula is C28H47N3O10. The van der Waals surface area contributed by atoms with Gasteiger partial charge in [-0.15, -0.1) is 0 Å². The summed E-state index contributed by atoms with van der Waals surface area (Å²) in [6.07, 6.45) is 11.4. The van der Waals surface area contributed by atoms with Gasteiger partial charge in [0.2, 0.25) is 0 Å². The van der Waals surface area contributed by atoms with E-state index in [0.717, 1.165) is 18.9 Å². The minimum atomic E-state index is -0.681. The summed E-state index contributed by atoms with van der Waals surface area (Å²) in [4.78, 5) is 32.3. The van der Waals surface area contributed by atoms with Crippen molar-refractivity contribution < 1.29 is 38.3 Å². The minimum Gasteiger partial charge on any atom is -0.463 e. The summed E-state index contributed by atoms with van der Waals surface area (Å²) in [5.41, 5.74) is -0.521. The third-order valence-corrected chi connectivity index (χ3v) is 6.04. The Labute approximate surface area is 242 Å². The van der Waals surface area contributed by atoms with Gasteiger partial charge in [-0.1, -0.05) is 58.3 Å². The molecule has 41 heavy (non-hydrogen) atoms. The predicted octanol–water partition coefficient (Wildman–Crippen LogP) is 5.45. The van der Waals surface area contributed by atoms with Gasteiger partial charge < -0.3 is 29.0 Å². The van der Waals surface area contributed by atoms with Crippen LogP contribution in [0.15, 0.2) is 18.2 Å². The molecule has 0 spiro atoms. The molecule has 13 heteroatoms. The van der Waals surface area contributed by atoms with Gasteiger partial charge in [0.1, 0.15) is 12.3 Å². The molecule has 1 N–H and O–H groups in total. The molecular weight excluding hydrogens is 538 g/mol. The number of carbonyl (C=O) groups excluding carboxylic acids is 1. The fraction of sp³-hybridized carbons (Fsp3) is 0.750. The Morgan fingerprint density at radius 2 is 1.22 bits per heavy atom. The summed E-state index contributed by atoms with van der Waals surface area (Å²) in [6.45, 7) is 5.70. The number of benzene rings is 1. The number of esters is 1. The zero-order valence-electron chi connectivity index (χ0n) is 24.4. The average Bonchev–Trinajstić information content (AvgIpc) is 2.95. The zero-order chi connectivity index (χ0) is 30.0. The molecule has 0 amide bonds. The van der Waals surface area contributed by atoms with Crippen LogP contribution in [0.5, 0.6) is 0 Å². The lowest BCUT2D eigenvalue weighted by molar-refractivity contribution is -0.393. The summed E-state index contributed by atoms with van der Waals surface area (Å²) in [6, 6.07) is 3.43. The van der Waals surface area contributed by atoms with Crippen LogP contribution in [-0.2, 0) is 28.5 Å². The van der Waals surface area contributed by atoms with Crippen molar-refractivity contribution in [1.82, 2.24) is 0 Å². The second kappa shape index (κ2) is 24.9. The highest BCUT2D eigenvalue weighted by atomic mass is 16.6. The summed E-state index contributed by atoms with van der Waals surface area (Å²) >= 11 is 0. The quantitative estimate of drug-likeness (QED) is 0.0576. The summed E-state index contributed by atoms with van der Waals surface area (Å²) in [5, 5.41) is 24.7. The molecule has 0 saturated carbocycles. The number of hydrogen-bond acceptors (Lipinski definition) is 11. The van der Waals surface area contributed by atoms with Crippen LogP contribution in [-0.4, -0.2) is 81.8 Å². The van der Waals surface area contributed by atoms with Crippen molar-refractivity contribution in [3.63, 3.8) is 0 Å². The smallest absolute Gasteiger partial charge is 0.305 e. The van der Waals surface area contributed by atoms with Crippen LogP contribution in [0, 0.1) is 20.2 Å². The topological polar surface area (TPSA) is 162 Å². The first-order valence-corrected chi connectivity index (χ1v) is 14.6. The number of hydrogen-bond donors (Lipinski definition) is 1. The van der Waals surface area contributed by atoms with Crippen molar-refractivity contribution in [2.24, 2.45) is 0 Å². The van der Waals surface area contributed by atoms with Crippen LogP contribution in [0.2, 0.25) is 0 Å². The molecule has 0 radical (unpaired) electrons. The van der Waals surface area contributed by atoms with Gasteiger partial charge in [-0.05, 0) is 12.5 Å². The van der Waals surface area contributed by atoms with Crippen LogP contribution in [0.4, 0.5) is 17.1 Å². The standard InChI is InChI=1S/C28H47N3O10/c1-2-3-4-5-6-7-8-9-10-11-28(32)41-23-22-40-21-20-39-19-18-38-17-16-37-15-14-29-26-13-12-25(30(33)34)24-27(26)31(35)36/h12-13,24,29H,2-11,14-23H2,1H3. The maximum atomic E-state index is 11.7. The largest absolute Gasteiger partial charge is 0.463 e. The Morgan fingerprint density at radius 1 is 0.707 bits per heavy atom. The monoisotopic (exact) mass is 585 g/mol. The Hall–Kier alpha value is -2.87. The van der Waals surface area contributed by atoms with E-state index in [1.165, 1.54) is 57.1 Å². The van der Waals surface area contributed by atoms with Gasteiger partial charge in [0.25, 0.3) is 11.4 Å². The molecule has 1 aromatic rings. The number of rotatable bonds is 28. The number of ether oxygens (including phenoxy) is 5. The zero-order valence-corrected chi connectivity index (χ0v) is 24.4. The number of non-ortho nitro benzene ring substituents is 1. The van der Waals surface area contributed by atoms with E-state index < -0.39 is 9.85 Å². The van der Waals surface area contributed by atoms with Gasteiger partial charge in [-0.2, -0.15) is 0 Å². The molecule has 13 nitrogen and oxygen atoms in total. The van der Waals surface area contributed by atoms with Gasteiger partial charge in [-0.3, -0.25) is 25.0 Å².